The summed E-state index contributed by atoms with van der Waals surface area (Å²) in [6, 6.07) is 7.72. The van der Waals surface area contributed by atoms with E-state index in [0.29, 0.717) is 18.4 Å². The number of carbonyl (C=O) groups excluding carboxylic acids is 1. The van der Waals surface area contributed by atoms with Crippen LogP contribution < -0.4 is 10.2 Å². The van der Waals surface area contributed by atoms with Crippen molar-refractivity contribution in [2.24, 2.45) is 11.0 Å². The maximum absolute atomic E-state index is 11.4. The van der Waals surface area contributed by atoms with Crippen molar-refractivity contribution in [2.75, 3.05) is 11.5 Å². The topological polar surface area (TPSA) is 50.7 Å². The maximum atomic E-state index is 11.4. The predicted molar refractivity (Wildman–Crippen MR) is 83.4 cm³/mol. The molecule has 0 aromatic heterocycles. The molecule has 1 aliphatic rings. The number of rotatable bonds is 6. The third-order valence-electron chi connectivity index (χ3n) is 2.79. The van der Waals surface area contributed by atoms with Crippen LogP contribution in [0.1, 0.15) is 25.8 Å². The molecule has 1 heterocycles. The molecule has 108 valence electrons. The number of amides is 1. The summed E-state index contributed by atoms with van der Waals surface area (Å²) < 4.78 is 5.76. The van der Waals surface area contributed by atoms with E-state index in [1.165, 1.54) is 0 Å². The summed E-state index contributed by atoms with van der Waals surface area (Å²) in [6.45, 7) is 4.01. The molecular weight excluding hydrogens is 272 g/mol. The van der Waals surface area contributed by atoms with Crippen molar-refractivity contribution in [2.45, 2.75) is 26.4 Å². The van der Waals surface area contributed by atoms with E-state index in [9.17, 15) is 4.79 Å². The van der Waals surface area contributed by atoms with Gasteiger partial charge in [0, 0.05) is 17.9 Å². The number of nitrogens with zero attached hydrogens (tertiary/aromatic N) is 1. The van der Waals surface area contributed by atoms with E-state index in [-0.39, 0.29) is 5.91 Å². The molecule has 1 aromatic rings. The van der Waals surface area contributed by atoms with Gasteiger partial charge in [-0.05, 0) is 35.7 Å². The van der Waals surface area contributed by atoms with Crippen molar-refractivity contribution >= 4 is 23.9 Å². The van der Waals surface area contributed by atoms with Gasteiger partial charge in [-0.2, -0.15) is 16.9 Å². The maximum Gasteiger partial charge on any atom is 0.240 e. The van der Waals surface area contributed by atoms with Gasteiger partial charge in [-0.1, -0.05) is 13.8 Å². The normalized spacial score (nSPS) is 15.3. The summed E-state index contributed by atoms with van der Waals surface area (Å²) in [7, 11) is 0. The van der Waals surface area contributed by atoms with Crippen LogP contribution in [0.2, 0.25) is 0 Å². The molecule has 0 spiro atoms. The van der Waals surface area contributed by atoms with Crippen LogP contribution in [0.4, 0.5) is 0 Å². The lowest BCUT2D eigenvalue weighted by Gasteiger charge is -2.25. The average molecular weight is 292 g/mol. The zero-order valence-corrected chi connectivity index (χ0v) is 12.7. The lowest BCUT2D eigenvalue weighted by Crippen LogP contribution is -2.30. The van der Waals surface area contributed by atoms with Crippen LogP contribution in [0.25, 0.3) is 0 Å². The minimum Gasteiger partial charge on any atom is -0.489 e. The van der Waals surface area contributed by atoms with E-state index < -0.39 is 0 Å². The van der Waals surface area contributed by atoms with Gasteiger partial charge in [-0.3, -0.25) is 4.79 Å². The SMILES string of the molecule is CC(C)CC(=O)NN=Cc1ccc(OC2CSC2)cc1. The molecule has 0 bridgehead atoms. The van der Waals surface area contributed by atoms with Gasteiger partial charge < -0.3 is 4.74 Å². The van der Waals surface area contributed by atoms with E-state index in [2.05, 4.69) is 10.5 Å². The summed E-state index contributed by atoms with van der Waals surface area (Å²) in [6.07, 6.45) is 2.49. The summed E-state index contributed by atoms with van der Waals surface area (Å²) in [5.74, 6) is 3.32. The number of thioether (sulfide) groups is 1. The quantitative estimate of drug-likeness (QED) is 0.648. The molecule has 1 saturated heterocycles. The predicted octanol–water partition coefficient (Wildman–Crippen LogP) is 2.68. The number of carbonyl (C=O) groups is 1. The molecule has 0 saturated carbocycles. The molecule has 5 heteroatoms. The van der Waals surface area contributed by atoms with Crippen LogP contribution in [0.5, 0.6) is 5.75 Å². The Kier molecular flexibility index (Phi) is 5.47. The first kappa shape index (κ1) is 14.9. The summed E-state index contributed by atoms with van der Waals surface area (Å²) in [5, 5.41) is 3.94. The van der Waals surface area contributed by atoms with Crippen molar-refractivity contribution in [1.29, 1.82) is 0 Å². The van der Waals surface area contributed by atoms with Crippen molar-refractivity contribution in [1.82, 2.24) is 5.43 Å². The van der Waals surface area contributed by atoms with Crippen LogP contribution in [0.3, 0.4) is 0 Å². The standard InChI is InChI=1S/C15H20N2O2S/c1-11(2)7-15(18)17-16-8-12-3-5-13(6-4-12)19-14-9-20-10-14/h3-6,8,11,14H,7,9-10H2,1-2H3,(H,17,18). The first-order valence-electron chi connectivity index (χ1n) is 6.80. The number of hydrogen-bond acceptors (Lipinski definition) is 4. The Morgan fingerprint density at radius 2 is 2.15 bits per heavy atom. The Hall–Kier alpha value is -1.49. The van der Waals surface area contributed by atoms with Gasteiger partial charge in [0.15, 0.2) is 0 Å². The molecule has 1 aliphatic heterocycles. The Balaban J connectivity index is 1.79. The fourth-order valence-electron chi connectivity index (χ4n) is 1.70. The Morgan fingerprint density at radius 1 is 1.45 bits per heavy atom. The molecule has 2 rings (SSSR count). The molecule has 20 heavy (non-hydrogen) atoms. The highest BCUT2D eigenvalue weighted by Crippen LogP contribution is 2.23. The number of ether oxygens (including phenoxy) is 1. The van der Waals surface area contributed by atoms with Crippen LogP contribution >= 0.6 is 11.8 Å². The minimum absolute atomic E-state index is 0.0568. The first-order chi connectivity index (χ1) is 9.63. The van der Waals surface area contributed by atoms with Gasteiger partial charge in [-0.25, -0.2) is 5.43 Å². The van der Waals surface area contributed by atoms with Crippen LogP contribution in [-0.4, -0.2) is 29.7 Å². The number of hydrazone groups is 1. The average Bonchev–Trinajstić information content (AvgIpc) is 2.34. The molecule has 4 nitrogen and oxygen atoms in total. The largest absolute Gasteiger partial charge is 0.489 e. The first-order valence-corrected chi connectivity index (χ1v) is 7.95. The molecule has 1 aromatic carbocycles. The van der Waals surface area contributed by atoms with Crippen LogP contribution in [-0.2, 0) is 4.79 Å². The fraction of sp³-hybridized carbons (Fsp3) is 0.467. The second-order valence-electron chi connectivity index (χ2n) is 5.24. The van der Waals surface area contributed by atoms with Crippen molar-refractivity contribution in [3.05, 3.63) is 29.8 Å². The molecule has 1 amide bonds. The Bertz CT molecular complexity index is 467. The smallest absolute Gasteiger partial charge is 0.240 e. The third kappa shape index (κ3) is 4.89. The van der Waals surface area contributed by atoms with Crippen molar-refractivity contribution in [3.63, 3.8) is 0 Å². The molecule has 1 N–H and O–H groups in total. The molecule has 0 atom stereocenters. The van der Waals surface area contributed by atoms with Gasteiger partial charge in [0.25, 0.3) is 0 Å². The molecular formula is C15H20N2O2S. The number of hydrogen-bond donors (Lipinski definition) is 1. The second-order valence-corrected chi connectivity index (χ2v) is 6.31. The number of nitrogens with one attached hydrogen (secondary N) is 1. The van der Waals surface area contributed by atoms with Gasteiger partial charge in [0.05, 0.1) is 6.21 Å². The van der Waals surface area contributed by atoms with Crippen LogP contribution in [0, 0.1) is 5.92 Å². The van der Waals surface area contributed by atoms with E-state index in [1.807, 2.05) is 49.9 Å². The van der Waals surface area contributed by atoms with Gasteiger partial charge in [-0.15, -0.1) is 0 Å². The lowest BCUT2D eigenvalue weighted by atomic mass is 10.1. The zero-order chi connectivity index (χ0) is 14.4. The minimum atomic E-state index is -0.0568. The Labute approximate surface area is 124 Å². The van der Waals surface area contributed by atoms with Gasteiger partial charge >= 0.3 is 0 Å². The van der Waals surface area contributed by atoms with Gasteiger partial charge in [0.1, 0.15) is 11.9 Å². The monoisotopic (exact) mass is 292 g/mol. The van der Waals surface area contributed by atoms with Crippen molar-refractivity contribution in [3.8, 4) is 5.75 Å². The molecule has 0 radical (unpaired) electrons. The third-order valence-corrected chi connectivity index (χ3v) is 4.00. The number of benzene rings is 1. The zero-order valence-electron chi connectivity index (χ0n) is 11.8. The van der Waals surface area contributed by atoms with Crippen LogP contribution in [0.15, 0.2) is 29.4 Å². The fourth-order valence-corrected chi connectivity index (χ4v) is 2.27. The highest BCUT2D eigenvalue weighted by Gasteiger charge is 2.19. The molecule has 0 unspecified atom stereocenters. The summed E-state index contributed by atoms with van der Waals surface area (Å²) >= 11 is 1.90. The van der Waals surface area contributed by atoms with E-state index >= 15 is 0 Å². The lowest BCUT2D eigenvalue weighted by molar-refractivity contribution is -0.121. The Morgan fingerprint density at radius 3 is 2.70 bits per heavy atom. The van der Waals surface area contributed by atoms with Crippen molar-refractivity contribution < 1.29 is 9.53 Å². The second kappa shape index (κ2) is 7.33. The molecule has 1 fully saturated rings. The molecule has 0 aliphatic carbocycles. The summed E-state index contributed by atoms with van der Waals surface area (Å²) in [4.78, 5) is 11.4. The van der Waals surface area contributed by atoms with E-state index in [0.717, 1.165) is 22.8 Å². The highest BCUT2D eigenvalue weighted by molar-refractivity contribution is 8.00. The van der Waals surface area contributed by atoms with E-state index in [4.69, 9.17) is 4.74 Å². The van der Waals surface area contributed by atoms with E-state index in [1.54, 1.807) is 6.21 Å². The van der Waals surface area contributed by atoms with Gasteiger partial charge in [0.2, 0.25) is 5.91 Å². The summed E-state index contributed by atoms with van der Waals surface area (Å²) in [5.41, 5.74) is 3.46. The highest BCUT2D eigenvalue weighted by atomic mass is 32.2.